The molecule has 1 fully saturated rings. The summed E-state index contributed by atoms with van der Waals surface area (Å²) < 4.78 is 5.39. The van der Waals surface area contributed by atoms with Crippen molar-refractivity contribution < 1.29 is 9.53 Å². The molecular formula is C13H16Cl2N2O2. The van der Waals surface area contributed by atoms with E-state index >= 15 is 0 Å². The molecule has 19 heavy (non-hydrogen) atoms. The summed E-state index contributed by atoms with van der Waals surface area (Å²) in [7, 11) is 0. The number of rotatable bonds is 2. The average molecular weight is 303 g/mol. The van der Waals surface area contributed by atoms with Crippen molar-refractivity contribution in [2.75, 3.05) is 18.4 Å². The lowest BCUT2D eigenvalue weighted by Crippen LogP contribution is -2.42. The molecule has 0 saturated carbocycles. The van der Waals surface area contributed by atoms with Crippen molar-refractivity contribution in [3.63, 3.8) is 0 Å². The Kier molecular flexibility index (Phi) is 4.91. The van der Waals surface area contributed by atoms with Crippen LogP contribution in [0.1, 0.15) is 13.3 Å². The van der Waals surface area contributed by atoms with E-state index in [1.165, 1.54) is 0 Å². The van der Waals surface area contributed by atoms with Gasteiger partial charge in [-0.3, -0.25) is 5.32 Å². The minimum Gasteiger partial charge on any atom is -0.444 e. The third-order valence-corrected chi connectivity index (χ3v) is 3.56. The number of hydrogen-bond acceptors (Lipinski definition) is 3. The van der Waals surface area contributed by atoms with Crippen molar-refractivity contribution in [1.82, 2.24) is 5.32 Å². The van der Waals surface area contributed by atoms with Gasteiger partial charge in [0, 0.05) is 22.3 Å². The molecule has 1 aromatic carbocycles. The van der Waals surface area contributed by atoms with Crippen molar-refractivity contribution in [2.24, 2.45) is 5.92 Å². The fraction of sp³-hybridized carbons (Fsp3) is 0.462. The number of ether oxygens (including phenoxy) is 1. The molecule has 0 aromatic heterocycles. The summed E-state index contributed by atoms with van der Waals surface area (Å²) in [5.74, 6) is 0.356. The summed E-state index contributed by atoms with van der Waals surface area (Å²) in [5.41, 5.74) is 0.527. The van der Waals surface area contributed by atoms with Crippen molar-refractivity contribution in [2.45, 2.75) is 19.4 Å². The van der Waals surface area contributed by atoms with Crippen LogP contribution in [-0.2, 0) is 4.74 Å². The first kappa shape index (κ1) is 14.4. The van der Waals surface area contributed by atoms with E-state index in [0.717, 1.165) is 13.0 Å². The molecule has 1 heterocycles. The third-order valence-electron chi connectivity index (χ3n) is 3.12. The first-order valence-electron chi connectivity index (χ1n) is 6.19. The van der Waals surface area contributed by atoms with Gasteiger partial charge in [-0.2, -0.15) is 0 Å². The van der Waals surface area contributed by atoms with E-state index in [4.69, 9.17) is 27.9 Å². The number of carbonyl (C=O) groups excluding carboxylic acids is 1. The fourth-order valence-corrected chi connectivity index (χ4v) is 2.56. The van der Waals surface area contributed by atoms with E-state index in [1.54, 1.807) is 18.2 Å². The molecule has 2 unspecified atom stereocenters. The first-order chi connectivity index (χ1) is 9.04. The minimum absolute atomic E-state index is 0.108. The summed E-state index contributed by atoms with van der Waals surface area (Å²) in [6, 6.07) is 4.85. The summed E-state index contributed by atoms with van der Waals surface area (Å²) in [5, 5.41) is 6.78. The fourth-order valence-electron chi connectivity index (χ4n) is 2.03. The predicted octanol–water partition coefficient (Wildman–Crippen LogP) is 3.54. The van der Waals surface area contributed by atoms with Gasteiger partial charge in [-0.05, 0) is 37.1 Å². The summed E-state index contributed by atoms with van der Waals surface area (Å²) >= 11 is 11.7. The third kappa shape index (κ3) is 4.27. The van der Waals surface area contributed by atoms with E-state index in [0.29, 0.717) is 28.2 Å². The lowest BCUT2D eigenvalue weighted by Gasteiger charge is -2.29. The minimum atomic E-state index is -0.487. The zero-order chi connectivity index (χ0) is 13.8. The maximum Gasteiger partial charge on any atom is 0.411 e. The molecule has 0 spiro atoms. The molecule has 4 nitrogen and oxygen atoms in total. The average Bonchev–Trinajstić information content (AvgIpc) is 2.30. The van der Waals surface area contributed by atoms with Crippen molar-refractivity contribution in [1.29, 1.82) is 0 Å². The molecule has 1 aromatic rings. The highest BCUT2D eigenvalue weighted by atomic mass is 35.5. The molecule has 1 amide bonds. The number of benzene rings is 1. The Hall–Kier alpha value is -0.970. The van der Waals surface area contributed by atoms with Crippen LogP contribution in [0.2, 0.25) is 10.0 Å². The highest BCUT2D eigenvalue weighted by Crippen LogP contribution is 2.23. The van der Waals surface area contributed by atoms with Gasteiger partial charge in [0.05, 0.1) is 0 Å². The van der Waals surface area contributed by atoms with Gasteiger partial charge in [0.15, 0.2) is 0 Å². The van der Waals surface area contributed by atoms with Gasteiger partial charge in [0.2, 0.25) is 0 Å². The van der Waals surface area contributed by atoms with Gasteiger partial charge >= 0.3 is 6.09 Å². The van der Waals surface area contributed by atoms with Crippen LogP contribution in [0, 0.1) is 5.92 Å². The SMILES string of the molecule is CC1CCNCC1OC(=O)Nc1cc(Cl)cc(Cl)c1. The zero-order valence-electron chi connectivity index (χ0n) is 10.6. The molecule has 0 bridgehead atoms. The van der Waals surface area contributed by atoms with E-state index in [9.17, 15) is 4.79 Å². The van der Waals surface area contributed by atoms with E-state index < -0.39 is 6.09 Å². The normalized spacial score (nSPS) is 22.9. The number of carbonyl (C=O) groups is 1. The lowest BCUT2D eigenvalue weighted by atomic mass is 9.97. The van der Waals surface area contributed by atoms with Crippen LogP contribution in [-0.4, -0.2) is 25.3 Å². The Morgan fingerprint density at radius 2 is 2.05 bits per heavy atom. The maximum absolute atomic E-state index is 11.8. The van der Waals surface area contributed by atoms with Crippen LogP contribution >= 0.6 is 23.2 Å². The zero-order valence-corrected chi connectivity index (χ0v) is 12.1. The quantitative estimate of drug-likeness (QED) is 0.878. The Bertz CT molecular complexity index is 448. The van der Waals surface area contributed by atoms with E-state index in [2.05, 4.69) is 17.6 Å². The molecule has 0 aliphatic carbocycles. The second-order valence-corrected chi connectivity index (χ2v) is 5.57. The highest BCUT2D eigenvalue weighted by Gasteiger charge is 2.24. The second-order valence-electron chi connectivity index (χ2n) is 4.70. The maximum atomic E-state index is 11.8. The molecule has 2 rings (SSSR count). The van der Waals surface area contributed by atoms with Gasteiger partial charge < -0.3 is 10.1 Å². The summed E-state index contributed by atoms with van der Waals surface area (Å²) in [4.78, 5) is 11.8. The molecule has 1 aliphatic heterocycles. The van der Waals surface area contributed by atoms with Crippen molar-refractivity contribution in [3.05, 3.63) is 28.2 Å². The molecule has 104 valence electrons. The van der Waals surface area contributed by atoms with Crippen molar-refractivity contribution in [3.8, 4) is 0 Å². The Labute approximate surface area is 122 Å². The van der Waals surface area contributed by atoms with Crippen LogP contribution < -0.4 is 10.6 Å². The first-order valence-corrected chi connectivity index (χ1v) is 6.94. The molecule has 1 aliphatic rings. The van der Waals surface area contributed by atoms with Gasteiger partial charge in [-0.25, -0.2) is 4.79 Å². The summed E-state index contributed by atoms with van der Waals surface area (Å²) in [6.07, 6.45) is 0.406. The number of piperidine rings is 1. The number of amides is 1. The van der Waals surface area contributed by atoms with Crippen molar-refractivity contribution >= 4 is 35.0 Å². The Morgan fingerprint density at radius 3 is 2.68 bits per heavy atom. The molecule has 0 radical (unpaired) electrons. The standard InChI is InChI=1S/C13H16Cl2N2O2/c1-8-2-3-16-7-12(8)19-13(18)17-11-5-9(14)4-10(15)6-11/h4-6,8,12,16H,2-3,7H2,1H3,(H,17,18). The number of nitrogens with one attached hydrogen (secondary N) is 2. The largest absolute Gasteiger partial charge is 0.444 e. The Balaban J connectivity index is 1.93. The predicted molar refractivity (Wildman–Crippen MR) is 77.0 cm³/mol. The molecule has 1 saturated heterocycles. The smallest absolute Gasteiger partial charge is 0.411 e. The number of hydrogen-bond donors (Lipinski definition) is 2. The molecular weight excluding hydrogens is 287 g/mol. The van der Waals surface area contributed by atoms with Gasteiger partial charge in [-0.15, -0.1) is 0 Å². The molecule has 6 heteroatoms. The van der Waals surface area contributed by atoms with Crippen LogP contribution in [0.15, 0.2) is 18.2 Å². The summed E-state index contributed by atoms with van der Waals surface area (Å²) in [6.45, 7) is 3.73. The molecule has 2 N–H and O–H groups in total. The topological polar surface area (TPSA) is 50.4 Å². The van der Waals surface area contributed by atoms with Gasteiger partial charge in [-0.1, -0.05) is 30.1 Å². The number of anilines is 1. The van der Waals surface area contributed by atoms with Crippen LogP contribution in [0.3, 0.4) is 0 Å². The van der Waals surface area contributed by atoms with E-state index in [1.807, 2.05) is 0 Å². The lowest BCUT2D eigenvalue weighted by molar-refractivity contribution is 0.0614. The van der Waals surface area contributed by atoms with Crippen LogP contribution in [0.4, 0.5) is 10.5 Å². The number of halogens is 2. The van der Waals surface area contributed by atoms with Gasteiger partial charge in [0.25, 0.3) is 0 Å². The monoisotopic (exact) mass is 302 g/mol. The van der Waals surface area contributed by atoms with Crippen LogP contribution in [0.5, 0.6) is 0 Å². The Morgan fingerprint density at radius 1 is 1.37 bits per heavy atom. The van der Waals surface area contributed by atoms with E-state index in [-0.39, 0.29) is 6.10 Å². The highest BCUT2D eigenvalue weighted by molar-refractivity contribution is 6.35. The second kappa shape index (κ2) is 6.46. The van der Waals surface area contributed by atoms with Gasteiger partial charge in [0.1, 0.15) is 6.10 Å². The molecule has 2 atom stereocenters. The van der Waals surface area contributed by atoms with Crippen LogP contribution in [0.25, 0.3) is 0 Å².